The number of carbonyl (C=O) groups excluding carboxylic acids is 3. The highest BCUT2D eigenvalue weighted by atomic mass is 35.5. The average molecular weight is 380 g/mol. The number of benzene rings is 1. The minimum atomic E-state index is -0.880. The van der Waals surface area contributed by atoms with Crippen molar-refractivity contribution in [3.63, 3.8) is 0 Å². The van der Waals surface area contributed by atoms with Crippen molar-refractivity contribution in [2.75, 3.05) is 12.4 Å². The SMILES string of the molecule is COC(=O)C[C@H]1C(=O)N[C@@H]2CCCC[C@@H]2N1C(=O)Nc1ccc(Cl)cc1. The molecule has 0 unspecified atom stereocenters. The van der Waals surface area contributed by atoms with E-state index in [0.717, 1.165) is 25.7 Å². The number of carbonyl (C=O) groups is 3. The van der Waals surface area contributed by atoms with E-state index in [1.54, 1.807) is 24.3 Å². The first-order valence-corrected chi connectivity index (χ1v) is 9.09. The standard InChI is InChI=1S/C18H22ClN3O4/c1-26-16(23)10-15-17(24)21-13-4-2-3-5-14(13)22(15)18(25)20-12-8-6-11(19)7-9-12/h6-9,13-15H,2-5,10H2,1H3,(H,20,25)(H,21,24)/t13-,14+,15+/m1/s1. The maximum atomic E-state index is 13.0. The number of anilines is 1. The van der Waals surface area contributed by atoms with Crippen molar-refractivity contribution in [2.45, 2.75) is 50.2 Å². The first-order chi connectivity index (χ1) is 12.5. The number of nitrogens with one attached hydrogen (secondary N) is 2. The molecule has 1 saturated heterocycles. The largest absolute Gasteiger partial charge is 0.469 e. The Kier molecular flexibility index (Phi) is 5.66. The zero-order valence-electron chi connectivity index (χ0n) is 14.5. The lowest BCUT2D eigenvalue weighted by molar-refractivity contribution is -0.146. The molecule has 2 N–H and O–H groups in total. The molecule has 2 fully saturated rings. The molecule has 7 nitrogen and oxygen atoms in total. The molecule has 1 heterocycles. The van der Waals surface area contributed by atoms with Gasteiger partial charge in [0.1, 0.15) is 6.04 Å². The van der Waals surface area contributed by atoms with Crippen LogP contribution in [0.5, 0.6) is 0 Å². The smallest absolute Gasteiger partial charge is 0.322 e. The van der Waals surface area contributed by atoms with Crippen LogP contribution < -0.4 is 10.6 Å². The van der Waals surface area contributed by atoms with E-state index < -0.39 is 18.0 Å². The second kappa shape index (κ2) is 7.95. The summed E-state index contributed by atoms with van der Waals surface area (Å²) < 4.78 is 4.70. The number of urea groups is 1. The molecule has 1 saturated carbocycles. The van der Waals surface area contributed by atoms with Crippen molar-refractivity contribution in [1.29, 1.82) is 0 Å². The molecule has 0 aromatic heterocycles. The molecule has 26 heavy (non-hydrogen) atoms. The Morgan fingerprint density at radius 2 is 1.96 bits per heavy atom. The summed E-state index contributed by atoms with van der Waals surface area (Å²) in [5.41, 5.74) is 0.578. The number of methoxy groups -OCH3 is 1. The van der Waals surface area contributed by atoms with E-state index in [2.05, 4.69) is 10.6 Å². The third-order valence-corrected chi connectivity index (χ3v) is 5.22. The minimum absolute atomic E-state index is 0.0823. The Hall–Kier alpha value is -2.28. The van der Waals surface area contributed by atoms with Gasteiger partial charge in [0, 0.05) is 16.8 Å². The van der Waals surface area contributed by atoms with Gasteiger partial charge >= 0.3 is 12.0 Å². The number of esters is 1. The summed E-state index contributed by atoms with van der Waals surface area (Å²) in [6.45, 7) is 0. The second-order valence-corrected chi connectivity index (χ2v) is 7.04. The van der Waals surface area contributed by atoms with Crippen LogP contribution in [0.25, 0.3) is 0 Å². The summed E-state index contributed by atoms with van der Waals surface area (Å²) >= 11 is 5.88. The molecule has 0 bridgehead atoms. The molecule has 0 spiro atoms. The van der Waals surface area contributed by atoms with E-state index in [1.807, 2.05) is 0 Å². The van der Waals surface area contributed by atoms with E-state index in [9.17, 15) is 14.4 Å². The maximum absolute atomic E-state index is 13.0. The van der Waals surface area contributed by atoms with Gasteiger partial charge in [0.2, 0.25) is 5.91 Å². The van der Waals surface area contributed by atoms with Crippen LogP contribution in [-0.2, 0) is 14.3 Å². The monoisotopic (exact) mass is 379 g/mol. The first-order valence-electron chi connectivity index (χ1n) is 8.71. The molecule has 1 aromatic rings. The molecule has 8 heteroatoms. The summed E-state index contributed by atoms with van der Waals surface area (Å²) in [4.78, 5) is 38.8. The fourth-order valence-electron chi connectivity index (χ4n) is 3.69. The quantitative estimate of drug-likeness (QED) is 0.790. The number of fused-ring (bicyclic) bond motifs is 1. The number of ether oxygens (including phenoxy) is 1. The Labute approximate surface area is 157 Å². The summed E-state index contributed by atoms with van der Waals surface area (Å²) in [5.74, 6) is -0.839. The van der Waals surface area contributed by atoms with Gasteiger partial charge in [0.15, 0.2) is 0 Å². The molecule has 3 amide bonds. The van der Waals surface area contributed by atoms with Gasteiger partial charge in [-0.15, -0.1) is 0 Å². The lowest BCUT2D eigenvalue weighted by Gasteiger charge is -2.47. The van der Waals surface area contributed by atoms with Crippen molar-refractivity contribution in [2.24, 2.45) is 0 Å². The number of hydrogen-bond donors (Lipinski definition) is 2. The summed E-state index contributed by atoms with van der Waals surface area (Å²) in [6.07, 6.45) is 3.44. The van der Waals surface area contributed by atoms with Crippen molar-refractivity contribution in [3.8, 4) is 0 Å². The number of hydrogen-bond acceptors (Lipinski definition) is 4. The third kappa shape index (κ3) is 3.93. The predicted molar refractivity (Wildman–Crippen MR) is 96.9 cm³/mol. The minimum Gasteiger partial charge on any atom is -0.469 e. The molecule has 1 aliphatic heterocycles. The third-order valence-electron chi connectivity index (χ3n) is 4.97. The number of halogens is 1. The van der Waals surface area contributed by atoms with Crippen LogP contribution in [0.3, 0.4) is 0 Å². The van der Waals surface area contributed by atoms with Crippen LogP contribution in [0.2, 0.25) is 5.02 Å². The van der Waals surface area contributed by atoms with Gasteiger partial charge in [-0.3, -0.25) is 9.59 Å². The predicted octanol–water partition coefficient (Wildman–Crippen LogP) is 2.55. The molecule has 3 atom stereocenters. The summed E-state index contributed by atoms with van der Waals surface area (Å²) in [7, 11) is 1.27. The van der Waals surface area contributed by atoms with Crippen LogP contribution in [-0.4, -0.2) is 48.0 Å². The van der Waals surface area contributed by atoms with E-state index in [1.165, 1.54) is 12.0 Å². The van der Waals surface area contributed by atoms with Gasteiger partial charge in [0.05, 0.1) is 19.6 Å². The van der Waals surface area contributed by atoms with Gasteiger partial charge in [-0.2, -0.15) is 0 Å². The fourth-order valence-corrected chi connectivity index (χ4v) is 3.82. The van der Waals surface area contributed by atoms with Gasteiger partial charge in [0.25, 0.3) is 0 Å². The second-order valence-electron chi connectivity index (χ2n) is 6.61. The number of amides is 3. The van der Waals surface area contributed by atoms with Gasteiger partial charge in [-0.1, -0.05) is 24.4 Å². The Balaban J connectivity index is 1.85. The van der Waals surface area contributed by atoms with Crippen molar-refractivity contribution < 1.29 is 19.1 Å². The maximum Gasteiger partial charge on any atom is 0.322 e. The summed E-state index contributed by atoms with van der Waals surface area (Å²) in [5, 5.41) is 6.34. The highest BCUT2D eigenvalue weighted by molar-refractivity contribution is 6.30. The zero-order chi connectivity index (χ0) is 18.7. The molecule has 2 aliphatic rings. The van der Waals surface area contributed by atoms with Gasteiger partial charge < -0.3 is 20.3 Å². The molecule has 1 aliphatic carbocycles. The summed E-state index contributed by atoms with van der Waals surface area (Å²) in [6, 6.07) is 5.24. The van der Waals surface area contributed by atoms with E-state index >= 15 is 0 Å². The number of piperazine rings is 1. The number of rotatable bonds is 3. The van der Waals surface area contributed by atoms with E-state index in [0.29, 0.717) is 10.7 Å². The Morgan fingerprint density at radius 3 is 2.65 bits per heavy atom. The molecule has 0 radical (unpaired) electrons. The average Bonchev–Trinajstić information content (AvgIpc) is 2.63. The van der Waals surface area contributed by atoms with Crippen LogP contribution in [0.15, 0.2) is 24.3 Å². The van der Waals surface area contributed by atoms with E-state index in [4.69, 9.17) is 16.3 Å². The molecule has 1 aromatic carbocycles. The lowest BCUT2D eigenvalue weighted by Crippen LogP contribution is -2.68. The Bertz CT molecular complexity index is 694. The highest BCUT2D eigenvalue weighted by Gasteiger charge is 2.46. The Morgan fingerprint density at radius 1 is 1.27 bits per heavy atom. The molecular weight excluding hydrogens is 358 g/mol. The van der Waals surface area contributed by atoms with Crippen LogP contribution >= 0.6 is 11.6 Å². The molecular formula is C18H22ClN3O4. The highest BCUT2D eigenvalue weighted by Crippen LogP contribution is 2.30. The van der Waals surface area contributed by atoms with Crippen LogP contribution in [0.1, 0.15) is 32.1 Å². The van der Waals surface area contributed by atoms with Crippen molar-refractivity contribution in [1.82, 2.24) is 10.2 Å². The van der Waals surface area contributed by atoms with E-state index in [-0.39, 0.29) is 24.4 Å². The fraction of sp³-hybridized carbons (Fsp3) is 0.500. The number of nitrogens with zero attached hydrogens (tertiary/aromatic N) is 1. The van der Waals surface area contributed by atoms with Crippen molar-refractivity contribution in [3.05, 3.63) is 29.3 Å². The van der Waals surface area contributed by atoms with Crippen LogP contribution in [0.4, 0.5) is 10.5 Å². The van der Waals surface area contributed by atoms with Gasteiger partial charge in [-0.25, -0.2) is 4.79 Å². The molecule has 140 valence electrons. The zero-order valence-corrected chi connectivity index (χ0v) is 15.3. The van der Waals surface area contributed by atoms with Gasteiger partial charge in [-0.05, 0) is 37.1 Å². The first kappa shape index (κ1) is 18.5. The normalized spacial score (nSPS) is 25.1. The molecule has 3 rings (SSSR count). The van der Waals surface area contributed by atoms with Crippen LogP contribution in [0, 0.1) is 0 Å². The topological polar surface area (TPSA) is 87.7 Å². The van der Waals surface area contributed by atoms with Crippen molar-refractivity contribution >= 4 is 35.2 Å². The lowest BCUT2D eigenvalue weighted by atomic mass is 9.85.